The number of allylic oxidation sites excluding steroid dienone is 1. The second-order valence-corrected chi connectivity index (χ2v) is 4.02. The van der Waals surface area contributed by atoms with Crippen molar-refractivity contribution >= 4 is 5.91 Å². The highest BCUT2D eigenvalue weighted by Gasteiger charge is 2.28. The molecule has 1 aliphatic rings. The lowest BCUT2D eigenvalue weighted by molar-refractivity contribution is -0.134. The van der Waals surface area contributed by atoms with Gasteiger partial charge in [0.05, 0.1) is 0 Å². The second kappa shape index (κ2) is 5.88. The molecule has 0 aliphatic carbocycles. The molecule has 1 rings (SSSR count). The first-order chi connectivity index (χ1) is 7.16. The van der Waals surface area contributed by atoms with Gasteiger partial charge in [-0.2, -0.15) is 0 Å². The zero-order valence-electron chi connectivity index (χ0n) is 9.86. The smallest absolute Gasteiger partial charge is 0.240 e. The Morgan fingerprint density at radius 3 is 2.93 bits per heavy atom. The fourth-order valence-electron chi connectivity index (χ4n) is 1.75. The summed E-state index contributed by atoms with van der Waals surface area (Å²) in [4.78, 5) is 15.8. The van der Waals surface area contributed by atoms with Crippen molar-refractivity contribution in [1.29, 1.82) is 0 Å². The maximum absolute atomic E-state index is 11.9. The van der Waals surface area contributed by atoms with Crippen LogP contribution in [0.25, 0.3) is 0 Å². The Morgan fingerprint density at radius 2 is 2.33 bits per heavy atom. The molecule has 1 heterocycles. The molecule has 1 aliphatic heterocycles. The van der Waals surface area contributed by atoms with E-state index in [-0.39, 0.29) is 11.9 Å². The van der Waals surface area contributed by atoms with Crippen LogP contribution in [0.3, 0.4) is 0 Å². The third-order valence-corrected chi connectivity index (χ3v) is 2.66. The summed E-state index contributed by atoms with van der Waals surface area (Å²) in [6.07, 6.45) is 4.13. The Morgan fingerprint density at radius 1 is 1.60 bits per heavy atom. The van der Waals surface area contributed by atoms with E-state index in [9.17, 15) is 4.79 Å². The zero-order valence-corrected chi connectivity index (χ0v) is 9.86. The van der Waals surface area contributed by atoms with Gasteiger partial charge in [0, 0.05) is 40.3 Å². The van der Waals surface area contributed by atoms with Gasteiger partial charge in [-0.05, 0) is 6.92 Å². The van der Waals surface area contributed by atoms with Gasteiger partial charge in [0.25, 0.3) is 0 Å². The Kier molecular flexibility index (Phi) is 4.78. The average Bonchev–Trinajstić information content (AvgIpc) is 2.25. The van der Waals surface area contributed by atoms with E-state index >= 15 is 0 Å². The van der Waals surface area contributed by atoms with Gasteiger partial charge in [0.15, 0.2) is 0 Å². The summed E-state index contributed by atoms with van der Waals surface area (Å²) in [6.45, 7) is 5.53. The first-order valence-corrected chi connectivity index (χ1v) is 5.44. The number of amides is 1. The van der Waals surface area contributed by atoms with Crippen molar-refractivity contribution in [2.75, 3.05) is 40.3 Å². The monoisotopic (exact) mass is 211 g/mol. The minimum absolute atomic E-state index is 0.00931. The Bertz CT molecular complexity index is 238. The van der Waals surface area contributed by atoms with Crippen LogP contribution in [0.2, 0.25) is 0 Å². The molecule has 1 N–H and O–H groups in total. The van der Waals surface area contributed by atoms with Crippen LogP contribution in [-0.2, 0) is 4.79 Å². The first-order valence-electron chi connectivity index (χ1n) is 5.44. The highest BCUT2D eigenvalue weighted by Crippen LogP contribution is 2.05. The van der Waals surface area contributed by atoms with Crippen LogP contribution in [-0.4, -0.2) is 62.0 Å². The Balaban J connectivity index is 2.60. The van der Waals surface area contributed by atoms with E-state index in [0.717, 1.165) is 26.2 Å². The van der Waals surface area contributed by atoms with Crippen molar-refractivity contribution in [2.45, 2.75) is 13.0 Å². The van der Waals surface area contributed by atoms with E-state index < -0.39 is 0 Å². The molecule has 4 nitrogen and oxygen atoms in total. The van der Waals surface area contributed by atoms with Crippen molar-refractivity contribution in [2.24, 2.45) is 0 Å². The lowest BCUT2D eigenvalue weighted by Crippen LogP contribution is -2.57. The van der Waals surface area contributed by atoms with Crippen molar-refractivity contribution in [3.63, 3.8) is 0 Å². The topological polar surface area (TPSA) is 35.6 Å². The number of nitrogens with zero attached hydrogens (tertiary/aromatic N) is 2. The minimum Gasteiger partial charge on any atom is -0.347 e. The van der Waals surface area contributed by atoms with Crippen LogP contribution >= 0.6 is 0 Å². The minimum atomic E-state index is -0.00931. The fourth-order valence-corrected chi connectivity index (χ4v) is 1.75. The number of piperazine rings is 1. The van der Waals surface area contributed by atoms with E-state index in [1.165, 1.54) is 0 Å². The van der Waals surface area contributed by atoms with Gasteiger partial charge in [0.1, 0.15) is 6.04 Å². The predicted octanol–water partition coefficient (Wildman–Crippen LogP) is -0.0755. The summed E-state index contributed by atoms with van der Waals surface area (Å²) in [5.41, 5.74) is 0. The standard InChI is InChI=1S/C11H21N3O/c1-4-5-7-14-8-6-12-9-10(14)11(15)13(2)3/h4-5,10,12H,6-9H2,1-3H3. The first kappa shape index (κ1) is 12.2. The molecule has 0 aromatic carbocycles. The average molecular weight is 211 g/mol. The third kappa shape index (κ3) is 3.32. The van der Waals surface area contributed by atoms with Crippen molar-refractivity contribution in [1.82, 2.24) is 15.1 Å². The SMILES string of the molecule is CC=CCN1CCNCC1C(=O)N(C)C. The molecular formula is C11H21N3O. The molecule has 1 amide bonds. The van der Waals surface area contributed by atoms with Crippen LogP contribution < -0.4 is 5.32 Å². The van der Waals surface area contributed by atoms with Gasteiger partial charge in [-0.15, -0.1) is 0 Å². The van der Waals surface area contributed by atoms with E-state index in [2.05, 4.69) is 16.3 Å². The molecule has 1 atom stereocenters. The van der Waals surface area contributed by atoms with Crippen LogP contribution in [0, 0.1) is 0 Å². The largest absolute Gasteiger partial charge is 0.347 e. The summed E-state index contributed by atoms with van der Waals surface area (Å²) in [6, 6.07) is -0.00931. The molecule has 0 spiro atoms. The number of carbonyl (C=O) groups is 1. The summed E-state index contributed by atoms with van der Waals surface area (Å²) in [5, 5.41) is 3.26. The van der Waals surface area contributed by atoms with Crippen molar-refractivity contribution in [3.05, 3.63) is 12.2 Å². The van der Waals surface area contributed by atoms with Crippen molar-refractivity contribution in [3.8, 4) is 0 Å². The lowest BCUT2D eigenvalue weighted by atomic mass is 10.1. The molecular weight excluding hydrogens is 190 g/mol. The van der Waals surface area contributed by atoms with Crippen LogP contribution in [0.1, 0.15) is 6.92 Å². The van der Waals surface area contributed by atoms with E-state index in [0.29, 0.717) is 0 Å². The Labute approximate surface area is 91.9 Å². The molecule has 0 aromatic rings. The molecule has 0 radical (unpaired) electrons. The van der Waals surface area contributed by atoms with E-state index in [1.807, 2.05) is 27.1 Å². The van der Waals surface area contributed by atoms with E-state index in [4.69, 9.17) is 0 Å². The van der Waals surface area contributed by atoms with Gasteiger partial charge >= 0.3 is 0 Å². The molecule has 0 saturated carbocycles. The summed E-state index contributed by atoms with van der Waals surface area (Å²) < 4.78 is 0. The molecule has 0 bridgehead atoms. The number of nitrogens with one attached hydrogen (secondary N) is 1. The van der Waals surface area contributed by atoms with Gasteiger partial charge in [-0.1, -0.05) is 12.2 Å². The van der Waals surface area contributed by atoms with Crippen molar-refractivity contribution < 1.29 is 4.79 Å². The molecule has 1 fully saturated rings. The lowest BCUT2D eigenvalue weighted by Gasteiger charge is -2.35. The molecule has 15 heavy (non-hydrogen) atoms. The van der Waals surface area contributed by atoms with Crippen LogP contribution in [0.4, 0.5) is 0 Å². The number of hydrogen-bond donors (Lipinski definition) is 1. The van der Waals surface area contributed by atoms with E-state index in [1.54, 1.807) is 4.90 Å². The highest BCUT2D eigenvalue weighted by molar-refractivity contribution is 5.81. The molecule has 1 unspecified atom stereocenters. The Hall–Kier alpha value is -0.870. The van der Waals surface area contributed by atoms with Gasteiger partial charge < -0.3 is 10.2 Å². The summed E-state index contributed by atoms with van der Waals surface area (Å²) >= 11 is 0. The second-order valence-electron chi connectivity index (χ2n) is 4.02. The third-order valence-electron chi connectivity index (χ3n) is 2.66. The number of carbonyl (C=O) groups excluding carboxylic acids is 1. The van der Waals surface area contributed by atoms with Gasteiger partial charge in [-0.3, -0.25) is 9.69 Å². The maximum Gasteiger partial charge on any atom is 0.240 e. The summed E-state index contributed by atoms with van der Waals surface area (Å²) in [7, 11) is 3.62. The summed E-state index contributed by atoms with van der Waals surface area (Å²) in [5.74, 6) is 0.187. The number of likely N-dealkylation sites (N-methyl/N-ethyl adjacent to an activating group) is 1. The quantitative estimate of drug-likeness (QED) is 0.664. The fraction of sp³-hybridized carbons (Fsp3) is 0.727. The molecule has 4 heteroatoms. The van der Waals surface area contributed by atoms with Gasteiger partial charge in [-0.25, -0.2) is 0 Å². The molecule has 0 aromatic heterocycles. The van der Waals surface area contributed by atoms with Crippen LogP contribution in [0.5, 0.6) is 0 Å². The number of rotatable bonds is 3. The maximum atomic E-state index is 11.9. The normalized spacial score (nSPS) is 23.3. The molecule has 86 valence electrons. The van der Waals surface area contributed by atoms with Gasteiger partial charge in [0.2, 0.25) is 5.91 Å². The van der Waals surface area contributed by atoms with Crippen LogP contribution in [0.15, 0.2) is 12.2 Å². The molecule has 1 saturated heterocycles. The highest BCUT2D eigenvalue weighted by atomic mass is 16.2. The predicted molar refractivity (Wildman–Crippen MR) is 61.7 cm³/mol. The number of hydrogen-bond acceptors (Lipinski definition) is 3. The zero-order chi connectivity index (χ0) is 11.3.